The van der Waals surface area contributed by atoms with Crippen LogP contribution in [0.1, 0.15) is 0 Å². The van der Waals surface area contributed by atoms with E-state index in [-0.39, 0.29) is 5.69 Å². The van der Waals surface area contributed by atoms with Crippen molar-refractivity contribution in [2.45, 2.75) is 12.3 Å². The molecule has 0 radical (unpaired) electrons. The van der Waals surface area contributed by atoms with Crippen LogP contribution in [0.4, 0.5) is 51.3 Å². The second-order valence-electron chi connectivity index (χ2n) is 5.22. The second kappa shape index (κ2) is 8.11. The van der Waals surface area contributed by atoms with E-state index in [0.29, 0.717) is 12.1 Å². The zero-order valence-corrected chi connectivity index (χ0v) is 14.9. The maximum atomic E-state index is 13.1. The van der Waals surface area contributed by atoms with Crippen LogP contribution >= 0.6 is 23.2 Å². The Morgan fingerprint density at radius 3 is 1.66 bits per heavy atom. The van der Waals surface area contributed by atoms with Gasteiger partial charge in [-0.2, -0.15) is 22.0 Å². The van der Waals surface area contributed by atoms with Crippen molar-refractivity contribution in [1.82, 2.24) is 0 Å². The topological polar surface area (TPSA) is 50.4 Å². The predicted molar refractivity (Wildman–Crippen MR) is 87.0 cm³/mol. The van der Waals surface area contributed by atoms with Gasteiger partial charge in [-0.05, 0) is 12.1 Å². The van der Waals surface area contributed by atoms with Crippen LogP contribution in [0.2, 0.25) is 10.0 Å². The first-order valence-corrected chi connectivity index (χ1v) is 7.82. The molecule has 0 saturated carbocycles. The largest absolute Gasteiger partial charge is 0.499 e. The van der Waals surface area contributed by atoms with Crippen molar-refractivity contribution < 1.29 is 44.7 Å². The number of hydrogen-bond acceptors (Lipinski definition) is 2. The molecule has 4 nitrogen and oxygen atoms in total. The molecule has 2 aromatic rings. The number of carbonyl (C=O) groups excluding carboxylic acids is 1. The third kappa shape index (κ3) is 5.32. The summed E-state index contributed by atoms with van der Waals surface area (Å²) in [6, 6.07) is 1.22. The third-order valence-corrected chi connectivity index (χ3v) is 3.62. The number of urea groups is 1. The fourth-order valence-electron chi connectivity index (χ4n) is 1.84. The van der Waals surface area contributed by atoms with Crippen LogP contribution in [0.3, 0.4) is 0 Å². The van der Waals surface area contributed by atoms with E-state index < -0.39 is 57.2 Å². The molecule has 0 heterocycles. The van der Waals surface area contributed by atoms with E-state index in [1.165, 1.54) is 0 Å². The number of anilines is 2. The summed E-state index contributed by atoms with van der Waals surface area (Å²) in [5.74, 6) is -6.14. The highest BCUT2D eigenvalue weighted by atomic mass is 35.5. The SMILES string of the molecule is O=C(Nc1cc(F)c(F)c(F)c1)Nc1cc(Cl)c(OC(F)(F)C(F)(F)F)c(Cl)c1. The number of ether oxygens (including phenoxy) is 1. The van der Waals surface area contributed by atoms with Crippen molar-refractivity contribution in [3.63, 3.8) is 0 Å². The first-order valence-electron chi connectivity index (χ1n) is 7.06. The highest BCUT2D eigenvalue weighted by Gasteiger charge is 2.61. The zero-order valence-electron chi connectivity index (χ0n) is 13.4. The lowest BCUT2D eigenvalue weighted by Gasteiger charge is -2.21. The molecule has 0 aromatic heterocycles. The van der Waals surface area contributed by atoms with Gasteiger partial charge in [0.15, 0.2) is 23.2 Å². The van der Waals surface area contributed by atoms with E-state index in [1.807, 2.05) is 10.6 Å². The molecule has 0 atom stereocenters. The Hall–Kier alpha value is -2.47. The Bertz CT molecular complexity index is 906. The highest BCUT2D eigenvalue weighted by Crippen LogP contribution is 2.43. The molecular weight excluding hydrogens is 463 g/mol. The summed E-state index contributed by atoms with van der Waals surface area (Å²) in [5.41, 5.74) is -0.788. The zero-order chi connectivity index (χ0) is 22.1. The van der Waals surface area contributed by atoms with E-state index in [0.717, 1.165) is 12.1 Å². The number of amides is 2. The molecule has 29 heavy (non-hydrogen) atoms. The standard InChI is InChI=1S/C15H6Cl2F8N2O2/c16-7-1-5(2-8(17)12(7)29-15(24,25)14(21,22)23)26-13(28)27-6-3-9(18)11(20)10(19)4-6/h1-4H,(H2,26,27,28). The van der Waals surface area contributed by atoms with Gasteiger partial charge in [0, 0.05) is 23.5 Å². The van der Waals surface area contributed by atoms with Gasteiger partial charge in [0.05, 0.1) is 10.0 Å². The third-order valence-electron chi connectivity index (χ3n) is 3.06. The molecule has 0 aliphatic carbocycles. The minimum atomic E-state index is -6.05. The van der Waals surface area contributed by atoms with Crippen molar-refractivity contribution in [2.75, 3.05) is 10.6 Å². The van der Waals surface area contributed by atoms with Crippen LogP contribution in [0.5, 0.6) is 5.75 Å². The lowest BCUT2D eigenvalue weighted by Crippen LogP contribution is -2.42. The first-order chi connectivity index (χ1) is 13.2. The predicted octanol–water partition coefficient (Wildman–Crippen LogP) is 6.59. The van der Waals surface area contributed by atoms with Gasteiger partial charge in [-0.15, -0.1) is 0 Å². The van der Waals surface area contributed by atoms with Gasteiger partial charge < -0.3 is 15.4 Å². The Morgan fingerprint density at radius 2 is 1.24 bits per heavy atom. The summed E-state index contributed by atoms with van der Waals surface area (Å²) in [4.78, 5) is 11.8. The van der Waals surface area contributed by atoms with Crippen molar-refractivity contribution in [1.29, 1.82) is 0 Å². The van der Waals surface area contributed by atoms with Crippen LogP contribution in [-0.2, 0) is 0 Å². The van der Waals surface area contributed by atoms with Gasteiger partial charge in [-0.1, -0.05) is 23.2 Å². The van der Waals surface area contributed by atoms with Gasteiger partial charge in [-0.3, -0.25) is 0 Å². The number of alkyl halides is 5. The molecule has 0 saturated heterocycles. The molecule has 2 N–H and O–H groups in total. The number of nitrogens with one attached hydrogen (secondary N) is 2. The number of benzene rings is 2. The summed E-state index contributed by atoms with van der Waals surface area (Å²) < 4.78 is 105. The Labute approximate surface area is 166 Å². The van der Waals surface area contributed by atoms with Crippen LogP contribution in [-0.4, -0.2) is 18.3 Å². The number of hydrogen-bond donors (Lipinski definition) is 2. The Balaban J connectivity index is 2.17. The van der Waals surface area contributed by atoms with Crippen molar-refractivity contribution in [3.05, 3.63) is 51.8 Å². The van der Waals surface area contributed by atoms with Crippen LogP contribution < -0.4 is 15.4 Å². The Kier molecular flexibility index (Phi) is 6.38. The minimum Gasteiger partial charge on any atom is -0.423 e. The van der Waals surface area contributed by atoms with Crippen LogP contribution in [0, 0.1) is 17.5 Å². The maximum Gasteiger partial charge on any atom is 0.499 e. The molecule has 0 bridgehead atoms. The Morgan fingerprint density at radius 1 is 0.828 bits per heavy atom. The molecule has 2 amide bonds. The quantitative estimate of drug-likeness (QED) is 0.392. The monoisotopic (exact) mass is 468 g/mol. The fourth-order valence-corrected chi connectivity index (χ4v) is 2.40. The molecular formula is C15H6Cl2F8N2O2. The molecule has 2 rings (SSSR count). The molecule has 14 heteroatoms. The maximum absolute atomic E-state index is 13.1. The molecule has 0 aliphatic rings. The average molecular weight is 469 g/mol. The van der Waals surface area contributed by atoms with Gasteiger partial charge in [0.1, 0.15) is 0 Å². The van der Waals surface area contributed by atoms with E-state index >= 15 is 0 Å². The number of halogens is 10. The normalized spacial score (nSPS) is 11.9. The number of carbonyl (C=O) groups is 1. The molecule has 2 aromatic carbocycles. The van der Waals surface area contributed by atoms with Crippen LogP contribution in [0.15, 0.2) is 24.3 Å². The van der Waals surface area contributed by atoms with Gasteiger partial charge in [-0.25, -0.2) is 18.0 Å². The first kappa shape index (κ1) is 22.8. The summed E-state index contributed by atoms with van der Waals surface area (Å²) in [5, 5.41) is 2.33. The molecule has 0 unspecified atom stereocenters. The highest BCUT2D eigenvalue weighted by molar-refractivity contribution is 6.37. The number of rotatable bonds is 4. The summed E-state index contributed by atoms with van der Waals surface area (Å²) in [6.45, 7) is 0. The van der Waals surface area contributed by atoms with Crippen molar-refractivity contribution in [2.24, 2.45) is 0 Å². The summed E-state index contributed by atoms with van der Waals surface area (Å²) in [7, 11) is 0. The van der Waals surface area contributed by atoms with E-state index in [2.05, 4.69) is 4.74 Å². The van der Waals surface area contributed by atoms with E-state index in [9.17, 15) is 39.9 Å². The van der Waals surface area contributed by atoms with Crippen molar-refractivity contribution >= 4 is 40.6 Å². The summed E-state index contributed by atoms with van der Waals surface area (Å²) in [6.07, 6.45) is -11.6. The molecule has 0 fully saturated rings. The van der Waals surface area contributed by atoms with Crippen LogP contribution in [0.25, 0.3) is 0 Å². The van der Waals surface area contributed by atoms with Gasteiger partial charge >= 0.3 is 18.3 Å². The van der Waals surface area contributed by atoms with E-state index in [1.54, 1.807) is 0 Å². The minimum absolute atomic E-state index is 0.303. The molecule has 158 valence electrons. The fraction of sp³-hybridized carbons (Fsp3) is 0.133. The van der Waals surface area contributed by atoms with Crippen molar-refractivity contribution in [3.8, 4) is 5.75 Å². The summed E-state index contributed by atoms with van der Waals surface area (Å²) >= 11 is 11.1. The average Bonchev–Trinajstić information content (AvgIpc) is 2.54. The smallest absolute Gasteiger partial charge is 0.423 e. The van der Waals surface area contributed by atoms with Gasteiger partial charge in [0.2, 0.25) is 0 Å². The lowest BCUT2D eigenvalue weighted by molar-refractivity contribution is -0.360. The van der Waals surface area contributed by atoms with Gasteiger partial charge in [0.25, 0.3) is 0 Å². The second-order valence-corrected chi connectivity index (χ2v) is 6.03. The van der Waals surface area contributed by atoms with E-state index in [4.69, 9.17) is 23.2 Å². The molecule has 0 aliphatic heterocycles. The molecule has 0 spiro atoms. The lowest BCUT2D eigenvalue weighted by atomic mass is 10.3.